The predicted molar refractivity (Wildman–Crippen MR) is 72.0 cm³/mol. The third-order valence-electron chi connectivity index (χ3n) is 3.08. The van der Waals surface area contributed by atoms with Gasteiger partial charge in [0, 0.05) is 19.2 Å². The van der Waals surface area contributed by atoms with Gasteiger partial charge in [0.2, 0.25) is 0 Å². The first-order valence-corrected chi connectivity index (χ1v) is 6.12. The Morgan fingerprint density at radius 2 is 1.88 bits per heavy atom. The van der Waals surface area contributed by atoms with Crippen LogP contribution in [0.2, 0.25) is 0 Å². The predicted octanol–water partition coefficient (Wildman–Crippen LogP) is 2.70. The molecule has 0 aliphatic rings. The first-order valence-electron chi connectivity index (χ1n) is 6.12. The highest BCUT2D eigenvalue weighted by molar-refractivity contribution is 5.85. The molecular weight excluding hydrogens is 210 g/mol. The highest BCUT2D eigenvalue weighted by Gasteiger charge is 2.03. The van der Waals surface area contributed by atoms with Crippen LogP contribution < -0.4 is 5.32 Å². The van der Waals surface area contributed by atoms with E-state index in [1.54, 1.807) is 0 Å². The number of hydrogen-bond donors (Lipinski definition) is 2. The molecule has 0 spiro atoms. The zero-order chi connectivity index (χ0) is 12.1. The van der Waals surface area contributed by atoms with Crippen molar-refractivity contribution < 1.29 is 5.11 Å². The average molecular weight is 229 g/mol. The van der Waals surface area contributed by atoms with Gasteiger partial charge in [-0.1, -0.05) is 42.5 Å². The molecule has 0 fully saturated rings. The molecule has 0 radical (unpaired) electrons. The zero-order valence-corrected chi connectivity index (χ0v) is 10.2. The fourth-order valence-corrected chi connectivity index (χ4v) is 2.03. The van der Waals surface area contributed by atoms with Gasteiger partial charge in [-0.3, -0.25) is 0 Å². The normalized spacial score (nSPS) is 12.8. The summed E-state index contributed by atoms with van der Waals surface area (Å²) in [5.74, 6) is 0. The molecule has 0 saturated carbocycles. The highest BCUT2D eigenvalue weighted by atomic mass is 16.3. The van der Waals surface area contributed by atoms with Crippen molar-refractivity contribution in [3.05, 3.63) is 48.0 Å². The molecule has 2 nitrogen and oxygen atoms in total. The van der Waals surface area contributed by atoms with Crippen molar-refractivity contribution in [1.82, 2.24) is 5.32 Å². The molecule has 1 atom stereocenters. The number of nitrogens with one attached hydrogen (secondary N) is 1. The summed E-state index contributed by atoms with van der Waals surface area (Å²) in [6, 6.07) is 15.2. The maximum absolute atomic E-state index is 8.87. The van der Waals surface area contributed by atoms with Crippen LogP contribution in [0.25, 0.3) is 10.8 Å². The second-order valence-electron chi connectivity index (χ2n) is 4.43. The summed E-state index contributed by atoms with van der Waals surface area (Å²) in [6.45, 7) is 3.19. The van der Waals surface area contributed by atoms with Gasteiger partial charge in [-0.25, -0.2) is 0 Å². The first kappa shape index (κ1) is 12.1. The molecule has 0 heterocycles. The van der Waals surface area contributed by atoms with E-state index in [-0.39, 0.29) is 6.61 Å². The summed E-state index contributed by atoms with van der Waals surface area (Å²) in [7, 11) is 0. The van der Waals surface area contributed by atoms with Gasteiger partial charge < -0.3 is 10.4 Å². The van der Waals surface area contributed by atoms with E-state index >= 15 is 0 Å². The fraction of sp³-hybridized carbons (Fsp3) is 0.333. The van der Waals surface area contributed by atoms with Crippen LogP contribution in [-0.4, -0.2) is 17.8 Å². The monoisotopic (exact) mass is 229 g/mol. The van der Waals surface area contributed by atoms with Crippen LogP contribution in [0.3, 0.4) is 0 Å². The standard InChI is InChI=1S/C15H19NO/c1-12(9-10-17)16-11-14-7-4-6-13-5-2-3-8-15(13)14/h2-8,12,16-17H,9-11H2,1H3/t12-/m1/s1. The van der Waals surface area contributed by atoms with E-state index in [1.165, 1.54) is 16.3 Å². The smallest absolute Gasteiger partial charge is 0.0445 e. The SMILES string of the molecule is C[C@H](CCO)NCc1cccc2ccccc12. The summed E-state index contributed by atoms with van der Waals surface area (Å²) >= 11 is 0. The van der Waals surface area contributed by atoms with Crippen molar-refractivity contribution in [2.75, 3.05) is 6.61 Å². The molecule has 0 aliphatic heterocycles. The van der Waals surface area contributed by atoms with Crippen molar-refractivity contribution in [3.63, 3.8) is 0 Å². The van der Waals surface area contributed by atoms with Crippen LogP contribution in [0.5, 0.6) is 0 Å². The van der Waals surface area contributed by atoms with Crippen LogP contribution >= 0.6 is 0 Å². The Hall–Kier alpha value is -1.38. The summed E-state index contributed by atoms with van der Waals surface area (Å²) in [6.07, 6.45) is 0.796. The summed E-state index contributed by atoms with van der Waals surface area (Å²) in [5.41, 5.74) is 1.31. The lowest BCUT2D eigenvalue weighted by Crippen LogP contribution is -2.26. The second kappa shape index (κ2) is 5.80. The molecule has 2 aromatic rings. The van der Waals surface area contributed by atoms with Crippen molar-refractivity contribution in [2.24, 2.45) is 0 Å². The summed E-state index contributed by atoms with van der Waals surface area (Å²) in [5, 5.41) is 14.9. The number of rotatable bonds is 5. The van der Waals surface area contributed by atoms with Crippen molar-refractivity contribution in [2.45, 2.75) is 25.9 Å². The molecule has 90 valence electrons. The molecule has 2 rings (SSSR count). The van der Waals surface area contributed by atoms with E-state index in [0.717, 1.165) is 13.0 Å². The van der Waals surface area contributed by atoms with Gasteiger partial charge in [0.25, 0.3) is 0 Å². The minimum absolute atomic E-state index is 0.240. The third-order valence-corrected chi connectivity index (χ3v) is 3.08. The Balaban J connectivity index is 2.13. The molecule has 2 N–H and O–H groups in total. The van der Waals surface area contributed by atoms with Crippen LogP contribution in [0.1, 0.15) is 18.9 Å². The van der Waals surface area contributed by atoms with Crippen LogP contribution in [-0.2, 0) is 6.54 Å². The van der Waals surface area contributed by atoms with Crippen LogP contribution in [0.15, 0.2) is 42.5 Å². The lowest BCUT2D eigenvalue weighted by Gasteiger charge is -2.13. The van der Waals surface area contributed by atoms with E-state index in [2.05, 4.69) is 54.7 Å². The van der Waals surface area contributed by atoms with Crippen molar-refractivity contribution in [3.8, 4) is 0 Å². The van der Waals surface area contributed by atoms with Gasteiger partial charge in [-0.15, -0.1) is 0 Å². The van der Waals surface area contributed by atoms with E-state index in [1.807, 2.05) is 0 Å². The van der Waals surface area contributed by atoms with E-state index < -0.39 is 0 Å². The number of benzene rings is 2. The number of aliphatic hydroxyl groups excluding tert-OH is 1. The topological polar surface area (TPSA) is 32.3 Å². The first-order chi connectivity index (χ1) is 8.31. The highest BCUT2D eigenvalue weighted by Crippen LogP contribution is 2.18. The van der Waals surface area contributed by atoms with Gasteiger partial charge in [-0.05, 0) is 29.7 Å². The van der Waals surface area contributed by atoms with Crippen molar-refractivity contribution >= 4 is 10.8 Å². The molecule has 0 aliphatic carbocycles. The van der Waals surface area contributed by atoms with Gasteiger partial charge in [-0.2, -0.15) is 0 Å². The molecule has 2 heteroatoms. The average Bonchev–Trinajstić information content (AvgIpc) is 2.36. The molecule has 17 heavy (non-hydrogen) atoms. The molecule has 0 bridgehead atoms. The quantitative estimate of drug-likeness (QED) is 0.826. The minimum Gasteiger partial charge on any atom is -0.396 e. The summed E-state index contributed by atoms with van der Waals surface area (Å²) in [4.78, 5) is 0. The van der Waals surface area contributed by atoms with Crippen LogP contribution in [0.4, 0.5) is 0 Å². The molecule has 0 unspecified atom stereocenters. The minimum atomic E-state index is 0.240. The fourth-order valence-electron chi connectivity index (χ4n) is 2.03. The molecular formula is C15H19NO. The van der Waals surface area contributed by atoms with Gasteiger partial charge in [0.05, 0.1) is 0 Å². The maximum Gasteiger partial charge on any atom is 0.0445 e. The van der Waals surface area contributed by atoms with E-state index in [0.29, 0.717) is 6.04 Å². The Labute approximate surface area is 102 Å². The number of aliphatic hydroxyl groups is 1. The van der Waals surface area contributed by atoms with E-state index in [9.17, 15) is 0 Å². The largest absolute Gasteiger partial charge is 0.396 e. The van der Waals surface area contributed by atoms with E-state index in [4.69, 9.17) is 5.11 Å². The molecule has 0 aromatic heterocycles. The maximum atomic E-state index is 8.87. The molecule has 0 amide bonds. The van der Waals surface area contributed by atoms with Crippen LogP contribution in [0, 0.1) is 0 Å². The second-order valence-corrected chi connectivity index (χ2v) is 4.43. The Kier molecular flexibility index (Phi) is 4.13. The molecule has 0 saturated heterocycles. The van der Waals surface area contributed by atoms with Crippen molar-refractivity contribution in [1.29, 1.82) is 0 Å². The third kappa shape index (κ3) is 3.05. The van der Waals surface area contributed by atoms with Gasteiger partial charge in [0.15, 0.2) is 0 Å². The Morgan fingerprint density at radius 1 is 1.12 bits per heavy atom. The molecule has 2 aromatic carbocycles. The summed E-state index contributed by atoms with van der Waals surface area (Å²) < 4.78 is 0. The van der Waals surface area contributed by atoms with Gasteiger partial charge in [0.1, 0.15) is 0 Å². The Morgan fingerprint density at radius 3 is 2.71 bits per heavy atom. The number of fused-ring (bicyclic) bond motifs is 1. The zero-order valence-electron chi connectivity index (χ0n) is 10.2. The lowest BCUT2D eigenvalue weighted by atomic mass is 10.0. The van der Waals surface area contributed by atoms with Gasteiger partial charge >= 0.3 is 0 Å². The number of hydrogen-bond acceptors (Lipinski definition) is 2. The Bertz CT molecular complexity index is 476. The lowest BCUT2D eigenvalue weighted by molar-refractivity contribution is 0.269.